The van der Waals surface area contributed by atoms with Crippen LogP contribution in [0.3, 0.4) is 0 Å². The van der Waals surface area contributed by atoms with Gasteiger partial charge in [0.15, 0.2) is 39.3 Å². The maximum atomic E-state index is 14.4. The van der Waals surface area contributed by atoms with Crippen LogP contribution in [0, 0.1) is 117 Å². The maximum Gasteiger partial charge on any atom is 0.225 e. The van der Waals surface area contributed by atoms with Crippen LogP contribution in [0.5, 0.6) is 0 Å². The molecule has 0 bridgehead atoms. The van der Waals surface area contributed by atoms with Crippen LogP contribution in [-0.2, 0) is 124 Å². The summed E-state index contributed by atoms with van der Waals surface area (Å²) in [6.07, 6.45) is 26.9. The fraction of sp³-hybridized carbons (Fsp3) is 0.550. The fourth-order valence-electron chi connectivity index (χ4n) is 26.3. The van der Waals surface area contributed by atoms with Crippen LogP contribution in [0.4, 0.5) is 8.78 Å². The average Bonchev–Trinajstić information content (AvgIpc) is 1.61. The number of aryl methyl sites for hydroxylation is 9. The summed E-state index contributed by atoms with van der Waals surface area (Å²) >= 11 is 0. The van der Waals surface area contributed by atoms with Crippen molar-refractivity contribution in [2.24, 2.45) is 113 Å². The Hall–Kier alpha value is -10.6. The van der Waals surface area contributed by atoms with Crippen molar-refractivity contribution in [1.82, 2.24) is 57.4 Å². The molecule has 6 aromatic heterocycles. The number of sulfone groups is 4. The van der Waals surface area contributed by atoms with E-state index in [0.717, 1.165) is 133 Å². The van der Waals surface area contributed by atoms with Crippen LogP contribution in [0.2, 0.25) is 0 Å². The summed E-state index contributed by atoms with van der Waals surface area (Å²) in [5.41, 5.74) is 15.1. The predicted octanol–water partition coefficient (Wildman–Crippen LogP) is 22.9. The van der Waals surface area contributed by atoms with Gasteiger partial charge in [-0.15, -0.1) is 0 Å². The zero-order valence-corrected chi connectivity index (χ0v) is 95.7. The van der Waals surface area contributed by atoms with Crippen LogP contribution >= 0.6 is 0 Å². The first-order valence-corrected chi connectivity index (χ1v) is 61.3. The highest BCUT2D eigenvalue weighted by molar-refractivity contribution is 7.91. The minimum Gasteiger partial charge on any atom is -0.350 e. The SMILES string of the molecule is C[C@@H](C(=O)N1CC[C@@H](c2cn(C)c3ccc(CS(=O)(=O)c4ccccc4F)cc23)[C@@H](C)C1)C1CCCC1.Cc1ccc(F)c(S(=O)(=O)Cc2ccc3c(c2)c([C@@H]2CCN(C(=O)[C@H](C)C4CCCC4)C[C@@H]2C)cn3C)c1.Cc1nn(C)c(C)c1S(=O)(=O)Cc1ccc2c(c1)c([C@@H]1CCN(C(=O)[C@H](C)C(C)(C)C)C[C@@H]1C)cn2C.Cc1nn(C)c(C)c1S(=O)(=O)Cc1ccc2c(c1)c([C@@H]1CCN(C(=O)[C@H](C)C3CCCC3)C[C@@H]1C)cn2C. The van der Waals surface area contributed by atoms with E-state index in [9.17, 15) is 61.6 Å². The number of hydrogen-bond donors (Lipinski definition) is 0. The Balaban J connectivity index is 0.000000142. The van der Waals surface area contributed by atoms with Crippen molar-refractivity contribution >= 4 is 107 Å². The molecule has 4 saturated heterocycles. The minimum absolute atomic E-state index is 0.0228. The van der Waals surface area contributed by atoms with Gasteiger partial charge in [-0.05, 0) is 292 Å². The van der Waals surface area contributed by atoms with Crippen LogP contribution < -0.4 is 0 Å². The number of aromatic nitrogens is 8. The molecular weight excluding hydrogens is 1970 g/mol. The monoisotopic (exact) mass is 2130 g/mol. The van der Waals surface area contributed by atoms with E-state index in [2.05, 4.69) is 156 Å². The molecule has 10 heterocycles. The Labute approximate surface area is 888 Å². The van der Waals surface area contributed by atoms with Gasteiger partial charge in [-0.2, -0.15) is 10.2 Å². The summed E-state index contributed by atoms with van der Waals surface area (Å²) in [5, 5.41) is 12.9. The normalized spacial score (nSPS) is 21.4. The van der Waals surface area contributed by atoms with E-state index in [-0.39, 0.29) is 79.6 Å². The summed E-state index contributed by atoms with van der Waals surface area (Å²) in [5.74, 6) is 3.47. The molecule has 0 unspecified atom stereocenters. The first-order valence-electron chi connectivity index (χ1n) is 54.7. The van der Waals surface area contributed by atoms with Crippen molar-refractivity contribution < 1.29 is 61.6 Å². The lowest BCUT2D eigenvalue weighted by molar-refractivity contribution is -0.140. The Morgan fingerprint density at radius 3 is 0.900 bits per heavy atom. The molecule has 150 heavy (non-hydrogen) atoms. The molecule has 30 heteroatoms. The zero-order chi connectivity index (χ0) is 108. The summed E-state index contributed by atoms with van der Waals surface area (Å²) in [6, 6.07) is 33.2. The molecular formula is C120H160F2N12O12S4. The van der Waals surface area contributed by atoms with Crippen molar-refractivity contribution in [2.75, 3.05) is 52.4 Å². The minimum atomic E-state index is -3.83. The molecule has 12 atom stereocenters. The van der Waals surface area contributed by atoms with Gasteiger partial charge in [0.1, 0.15) is 31.2 Å². The summed E-state index contributed by atoms with van der Waals surface area (Å²) in [4.78, 5) is 61.4. The molecule has 12 aromatic rings. The Morgan fingerprint density at radius 1 is 0.353 bits per heavy atom. The number of nitrogens with zero attached hydrogens (tertiary/aromatic N) is 12. The average molecular weight is 2130 g/mol. The van der Waals surface area contributed by atoms with Crippen molar-refractivity contribution in [3.05, 3.63) is 225 Å². The van der Waals surface area contributed by atoms with Gasteiger partial charge in [0.05, 0.1) is 45.8 Å². The summed E-state index contributed by atoms with van der Waals surface area (Å²) in [7, 11) is -3.05. The second kappa shape index (κ2) is 45.2. The smallest absolute Gasteiger partial charge is 0.225 e. The lowest BCUT2D eigenvalue weighted by Crippen LogP contribution is -2.46. The second-order valence-corrected chi connectivity index (χ2v) is 54.8. The van der Waals surface area contributed by atoms with Gasteiger partial charge in [-0.25, -0.2) is 42.5 Å². The maximum absolute atomic E-state index is 14.4. The van der Waals surface area contributed by atoms with E-state index in [4.69, 9.17) is 0 Å². The number of piperidine rings is 4. The second-order valence-electron chi connectivity index (χ2n) is 47.0. The number of carbonyl (C=O) groups is 4. The number of rotatable bonds is 23. The number of benzene rings is 6. The van der Waals surface area contributed by atoms with Gasteiger partial charge < -0.3 is 37.9 Å². The third-order valence-corrected chi connectivity index (χ3v) is 42.8. The van der Waals surface area contributed by atoms with Crippen molar-refractivity contribution in [3.8, 4) is 0 Å². The molecule has 24 nitrogen and oxygen atoms in total. The molecule has 6 aromatic carbocycles. The van der Waals surface area contributed by atoms with Crippen molar-refractivity contribution in [1.29, 1.82) is 0 Å². The molecule has 0 N–H and O–H groups in total. The van der Waals surface area contributed by atoms with Gasteiger partial charge in [-0.1, -0.05) is 157 Å². The molecule has 19 rings (SSSR count). The molecule has 7 aliphatic rings. The van der Waals surface area contributed by atoms with E-state index in [0.29, 0.717) is 120 Å². The highest BCUT2D eigenvalue weighted by Crippen LogP contribution is 2.48. The summed E-state index contributed by atoms with van der Waals surface area (Å²) < 4.78 is 146. The first-order chi connectivity index (χ1) is 70.8. The largest absolute Gasteiger partial charge is 0.350 e. The predicted molar refractivity (Wildman–Crippen MR) is 593 cm³/mol. The molecule has 4 aliphatic heterocycles. The first kappa shape index (κ1) is 112. The van der Waals surface area contributed by atoms with Crippen molar-refractivity contribution in [2.45, 2.75) is 280 Å². The van der Waals surface area contributed by atoms with Crippen molar-refractivity contribution in [3.63, 3.8) is 0 Å². The van der Waals surface area contributed by atoms with E-state index in [1.165, 1.54) is 130 Å². The molecule has 810 valence electrons. The Bertz CT molecular complexity index is 7530. The molecule has 4 amide bonds. The van der Waals surface area contributed by atoms with Crippen LogP contribution in [-0.4, -0.2) is 167 Å². The number of hydrogen-bond acceptors (Lipinski definition) is 14. The quantitative estimate of drug-likeness (QED) is 0.0576. The number of carbonyl (C=O) groups excluding carboxylic acids is 4. The van der Waals surface area contributed by atoms with Gasteiger partial charge in [-0.3, -0.25) is 28.5 Å². The highest BCUT2D eigenvalue weighted by Gasteiger charge is 2.43. The molecule has 3 aliphatic carbocycles. The molecule has 3 saturated carbocycles. The fourth-order valence-corrected chi connectivity index (χ4v) is 32.9. The van der Waals surface area contributed by atoms with Gasteiger partial charge in [0.2, 0.25) is 23.6 Å². The highest BCUT2D eigenvalue weighted by atomic mass is 32.2. The van der Waals surface area contributed by atoms with Gasteiger partial charge in [0, 0.05) is 187 Å². The molecule has 0 spiro atoms. The Kier molecular flexibility index (Phi) is 33.8. The van der Waals surface area contributed by atoms with E-state index in [1.807, 2.05) is 93.6 Å². The van der Waals surface area contributed by atoms with E-state index in [1.54, 1.807) is 70.2 Å². The topological polar surface area (TPSA) is 273 Å². The van der Waals surface area contributed by atoms with Crippen LogP contribution in [0.15, 0.2) is 160 Å². The Morgan fingerprint density at radius 2 is 0.627 bits per heavy atom. The van der Waals surface area contributed by atoms with Gasteiger partial charge >= 0.3 is 0 Å². The van der Waals surface area contributed by atoms with E-state index < -0.39 is 51.0 Å². The summed E-state index contributed by atoms with van der Waals surface area (Å²) in [6.45, 7) is 38.6. The van der Waals surface area contributed by atoms with Gasteiger partial charge in [0.25, 0.3) is 0 Å². The number of likely N-dealkylation sites (tertiary alicyclic amines) is 4. The van der Waals surface area contributed by atoms with Crippen LogP contribution in [0.25, 0.3) is 43.6 Å². The zero-order valence-electron chi connectivity index (χ0n) is 92.4. The standard InChI is InChI=1S/C31H39FN2O3S.C30H37FN2O3S.C30H42N4O3S.C29H42N4O3S/c1-20-9-11-28(32)30(15-20)38(36,37)19-23-10-12-29-26(16-23)27(18-33(29)4)25-13-14-34(17-21(25)2)31(35)22(3)24-7-5-6-8-24;1-20-17-33(30(34)21(2)23-8-4-5-9-23)15-14-24(20)26-18-32(3)28-13-12-22(16-25(26)28)19-37(35,36)29-11-7-6-10-27(29)31;1-19-16-34(30(35)20(2)24-9-7-8-10-24)14-13-25(19)27-17-32(5)28-12-11-23(15-26(27)28)18-38(36,37)29-21(3)31-33(6)22(29)4;1-18-15-33(28(34)19(2)29(5,6)7)13-12-23(18)25-16-31(8)26-11-10-22(14-24(25)26)17-37(35,36)27-20(3)30-32(9)21(27)4/h9-12,15-16,18,21-22,24-25H,5-8,13-14,17,19H2,1-4H3;6-7,10-13,16,18,20-21,23-24H,4-5,8-9,14-15,17,19H2,1-3H3;11-12,15,17,19-20,24-25H,7-10,13-14,16,18H2,1-6H3;10-11,14,16,18-19,23H,12-13,15,17H2,1-9H3/t21-,22+,25+;20-,21+,24+;19-,20+,25+;18-,19-,23+/m0000/s1. The van der Waals surface area contributed by atoms with E-state index >= 15 is 0 Å². The lowest BCUT2D eigenvalue weighted by atomic mass is 9.78. The number of halogens is 2. The molecule has 0 radical (unpaired) electrons. The molecule has 7 fully saturated rings. The number of fused-ring (bicyclic) bond motifs is 4. The number of amides is 4. The lowest BCUT2D eigenvalue weighted by Gasteiger charge is -2.40. The van der Waals surface area contributed by atoms with Crippen LogP contribution in [0.1, 0.15) is 275 Å². The third-order valence-electron chi connectivity index (χ3n) is 35.5. The third kappa shape index (κ3) is 23.7.